The average molecular weight is 393 g/mol. The minimum atomic E-state index is -0.605. The zero-order valence-corrected chi connectivity index (χ0v) is 16.0. The van der Waals surface area contributed by atoms with Gasteiger partial charge in [-0.05, 0) is 36.5 Å². The first-order valence-corrected chi connectivity index (χ1v) is 9.84. The van der Waals surface area contributed by atoms with Crippen molar-refractivity contribution >= 4 is 18.9 Å². The summed E-state index contributed by atoms with van der Waals surface area (Å²) in [7, 11) is 0. The summed E-state index contributed by atoms with van der Waals surface area (Å²) < 4.78 is 10.5. The molecular formula is C23H23NO5. The quantitative estimate of drug-likeness (QED) is 0.675. The highest BCUT2D eigenvalue weighted by molar-refractivity contribution is 6.00. The molecule has 2 aromatic carbocycles. The number of amides is 1. The fourth-order valence-corrected chi connectivity index (χ4v) is 4.96. The van der Waals surface area contributed by atoms with Gasteiger partial charge in [0.2, 0.25) is 0 Å². The summed E-state index contributed by atoms with van der Waals surface area (Å²) in [5.41, 5.74) is 1.91. The van der Waals surface area contributed by atoms with Crippen LogP contribution in [0.15, 0.2) is 54.6 Å². The van der Waals surface area contributed by atoms with Crippen molar-refractivity contribution in [3.63, 3.8) is 0 Å². The maximum absolute atomic E-state index is 13.6. The largest absolute Gasteiger partial charge is 0.465 e. The zero-order chi connectivity index (χ0) is 20.3. The lowest BCUT2D eigenvalue weighted by atomic mass is 9.74. The van der Waals surface area contributed by atoms with Gasteiger partial charge in [-0.1, -0.05) is 48.5 Å². The highest BCUT2D eigenvalue weighted by atomic mass is 16.5. The second-order valence-corrected chi connectivity index (χ2v) is 7.56. The summed E-state index contributed by atoms with van der Waals surface area (Å²) in [4.78, 5) is 37.4. The topological polar surface area (TPSA) is 72.9 Å². The van der Waals surface area contributed by atoms with E-state index in [1.54, 1.807) is 0 Å². The van der Waals surface area contributed by atoms with Gasteiger partial charge in [0.25, 0.3) is 18.9 Å². The molecule has 2 aromatic rings. The van der Waals surface area contributed by atoms with Crippen LogP contribution in [0.1, 0.15) is 53.2 Å². The van der Waals surface area contributed by atoms with E-state index in [0.29, 0.717) is 24.9 Å². The van der Waals surface area contributed by atoms with E-state index in [4.69, 9.17) is 9.47 Å². The lowest BCUT2D eigenvalue weighted by Gasteiger charge is -2.47. The Morgan fingerprint density at radius 2 is 1.83 bits per heavy atom. The molecule has 0 N–H and O–H groups in total. The van der Waals surface area contributed by atoms with E-state index in [-0.39, 0.29) is 18.6 Å². The van der Waals surface area contributed by atoms with Crippen LogP contribution in [-0.2, 0) is 24.6 Å². The molecule has 6 nitrogen and oxygen atoms in total. The zero-order valence-electron chi connectivity index (χ0n) is 16.0. The summed E-state index contributed by atoms with van der Waals surface area (Å²) in [6.07, 6.45) is 2.63. The highest BCUT2D eigenvalue weighted by Gasteiger charge is 2.54. The highest BCUT2D eigenvalue weighted by Crippen LogP contribution is 2.52. The third kappa shape index (κ3) is 3.28. The molecule has 0 radical (unpaired) electrons. The van der Waals surface area contributed by atoms with Crippen LogP contribution in [0.4, 0.5) is 0 Å². The van der Waals surface area contributed by atoms with Gasteiger partial charge < -0.3 is 14.4 Å². The van der Waals surface area contributed by atoms with E-state index in [0.717, 1.165) is 30.4 Å². The first-order valence-electron chi connectivity index (χ1n) is 9.84. The van der Waals surface area contributed by atoms with Gasteiger partial charge in [0.1, 0.15) is 12.7 Å². The molecule has 6 heteroatoms. The molecule has 29 heavy (non-hydrogen) atoms. The van der Waals surface area contributed by atoms with Crippen LogP contribution in [0.3, 0.4) is 0 Å². The minimum absolute atomic E-state index is 0.0637. The Balaban J connectivity index is 1.83. The standard InChI is InChI=1S/C23H23NO5/c25-15-28-14-21(17-7-2-1-3-8-17)24-22(27)19-10-4-5-11-20(19)23(24)12-6-9-18(13-23)29-16-26/h1-5,7-8,10-11,15-16,18,21H,6,9,12-14H2/t18-,21+,23+/m1/s1. The molecule has 1 fully saturated rings. The van der Waals surface area contributed by atoms with Crippen molar-refractivity contribution in [2.45, 2.75) is 43.4 Å². The van der Waals surface area contributed by atoms with Gasteiger partial charge in [-0.2, -0.15) is 0 Å². The molecule has 1 spiro atoms. The minimum Gasteiger partial charge on any atom is -0.465 e. The van der Waals surface area contributed by atoms with Crippen LogP contribution in [0.5, 0.6) is 0 Å². The Morgan fingerprint density at radius 1 is 1.07 bits per heavy atom. The van der Waals surface area contributed by atoms with Gasteiger partial charge in [0, 0.05) is 12.0 Å². The predicted molar refractivity (Wildman–Crippen MR) is 105 cm³/mol. The number of carbonyl (C=O) groups excluding carboxylic acids is 3. The van der Waals surface area contributed by atoms with Crippen molar-refractivity contribution in [1.82, 2.24) is 4.90 Å². The molecule has 3 atom stereocenters. The van der Waals surface area contributed by atoms with E-state index in [9.17, 15) is 14.4 Å². The maximum Gasteiger partial charge on any atom is 0.293 e. The van der Waals surface area contributed by atoms with Gasteiger partial charge in [-0.25, -0.2) is 0 Å². The fraction of sp³-hybridized carbons (Fsp3) is 0.348. The third-order valence-electron chi connectivity index (χ3n) is 6.09. The summed E-state index contributed by atoms with van der Waals surface area (Å²) in [6, 6.07) is 16.8. The van der Waals surface area contributed by atoms with Crippen LogP contribution >= 0.6 is 0 Å². The lowest BCUT2D eigenvalue weighted by Crippen LogP contribution is -2.51. The number of benzene rings is 2. The van der Waals surface area contributed by atoms with Crippen LogP contribution in [0.25, 0.3) is 0 Å². The maximum atomic E-state index is 13.6. The van der Waals surface area contributed by atoms with E-state index < -0.39 is 11.6 Å². The average Bonchev–Trinajstić information content (AvgIpc) is 2.98. The molecule has 1 aliphatic heterocycles. The number of hydrogen-bond acceptors (Lipinski definition) is 5. The monoisotopic (exact) mass is 393 g/mol. The molecule has 1 saturated carbocycles. The number of fused-ring (bicyclic) bond motifs is 2. The molecule has 1 heterocycles. The lowest BCUT2D eigenvalue weighted by molar-refractivity contribution is -0.139. The van der Waals surface area contributed by atoms with Gasteiger partial charge >= 0.3 is 0 Å². The van der Waals surface area contributed by atoms with Crippen molar-refractivity contribution in [3.8, 4) is 0 Å². The summed E-state index contributed by atoms with van der Waals surface area (Å²) in [6.45, 7) is 0.963. The van der Waals surface area contributed by atoms with E-state index in [1.807, 2.05) is 59.5 Å². The smallest absolute Gasteiger partial charge is 0.293 e. The summed E-state index contributed by atoms with van der Waals surface area (Å²) >= 11 is 0. The van der Waals surface area contributed by atoms with E-state index in [2.05, 4.69) is 0 Å². The Kier molecular flexibility index (Phi) is 5.34. The second-order valence-electron chi connectivity index (χ2n) is 7.56. The molecular weight excluding hydrogens is 370 g/mol. The van der Waals surface area contributed by atoms with Gasteiger partial charge in [-0.15, -0.1) is 0 Å². The molecule has 4 rings (SSSR count). The van der Waals surface area contributed by atoms with Crippen LogP contribution in [0.2, 0.25) is 0 Å². The molecule has 0 aromatic heterocycles. The number of nitrogens with zero attached hydrogens (tertiary/aromatic N) is 1. The Hall–Kier alpha value is -3.15. The Labute approximate surface area is 169 Å². The molecule has 0 saturated heterocycles. The molecule has 1 aliphatic carbocycles. The SMILES string of the molecule is O=COC[C@@H](c1ccccc1)N1C(=O)c2ccccc2[C@@]12CCC[C@@H](OC=O)C2. The van der Waals surface area contributed by atoms with Gasteiger partial charge in [0.05, 0.1) is 11.6 Å². The van der Waals surface area contributed by atoms with Crippen molar-refractivity contribution in [2.75, 3.05) is 6.61 Å². The molecule has 2 aliphatic rings. The van der Waals surface area contributed by atoms with Crippen LogP contribution in [-0.4, -0.2) is 36.5 Å². The number of carbonyl (C=O) groups is 3. The normalized spacial score (nSPS) is 24.1. The van der Waals surface area contributed by atoms with E-state index in [1.165, 1.54) is 0 Å². The molecule has 0 bridgehead atoms. The van der Waals surface area contributed by atoms with E-state index >= 15 is 0 Å². The summed E-state index contributed by atoms with van der Waals surface area (Å²) in [5.74, 6) is -0.0873. The number of ether oxygens (including phenoxy) is 2. The fourth-order valence-electron chi connectivity index (χ4n) is 4.96. The Bertz CT molecular complexity index is 899. The Morgan fingerprint density at radius 3 is 2.59 bits per heavy atom. The van der Waals surface area contributed by atoms with Crippen LogP contribution in [0, 0.1) is 0 Å². The second kappa shape index (κ2) is 8.07. The molecule has 1 amide bonds. The molecule has 0 unspecified atom stereocenters. The van der Waals surface area contributed by atoms with Gasteiger partial charge in [0.15, 0.2) is 0 Å². The van der Waals surface area contributed by atoms with Crippen LogP contribution < -0.4 is 0 Å². The predicted octanol–water partition coefficient (Wildman–Crippen LogP) is 3.37. The summed E-state index contributed by atoms with van der Waals surface area (Å²) in [5, 5.41) is 0. The van der Waals surface area contributed by atoms with Crippen molar-refractivity contribution in [1.29, 1.82) is 0 Å². The third-order valence-corrected chi connectivity index (χ3v) is 6.09. The van der Waals surface area contributed by atoms with Crippen molar-refractivity contribution in [2.24, 2.45) is 0 Å². The first-order chi connectivity index (χ1) is 14.2. The number of rotatable bonds is 7. The molecule has 150 valence electrons. The van der Waals surface area contributed by atoms with Gasteiger partial charge in [-0.3, -0.25) is 14.4 Å². The van der Waals surface area contributed by atoms with Crippen molar-refractivity contribution in [3.05, 3.63) is 71.3 Å². The van der Waals surface area contributed by atoms with Crippen molar-refractivity contribution < 1.29 is 23.9 Å². The first kappa shape index (κ1) is 19.2. The number of hydrogen-bond donors (Lipinski definition) is 0.